The Hall–Kier alpha value is -1.26. The molecule has 23 heavy (non-hydrogen) atoms. The van der Waals surface area contributed by atoms with Gasteiger partial charge in [-0.15, -0.1) is 11.3 Å². The van der Waals surface area contributed by atoms with Gasteiger partial charge in [0.05, 0.1) is 27.2 Å². The standard InChI is InChI=1S/C15H16IN5OS/c1-9-7-21(10(2)17-9)14-13-12(11(16)8-23-13)18-15(19-14)20-3-5-22-6-4-20/h7-8H,3-6H2,1-2H3. The fourth-order valence-corrected chi connectivity index (χ4v) is 4.57. The molecule has 0 bridgehead atoms. The van der Waals surface area contributed by atoms with Crippen LogP contribution in [0.2, 0.25) is 0 Å². The Bertz CT molecular complexity index is 868. The van der Waals surface area contributed by atoms with Crippen molar-refractivity contribution in [1.82, 2.24) is 19.5 Å². The van der Waals surface area contributed by atoms with Gasteiger partial charge in [0.15, 0.2) is 5.82 Å². The van der Waals surface area contributed by atoms with Crippen molar-refractivity contribution >= 4 is 50.1 Å². The molecule has 3 aromatic rings. The highest BCUT2D eigenvalue weighted by atomic mass is 127. The second kappa shape index (κ2) is 5.99. The number of fused-ring (bicyclic) bond motifs is 1. The summed E-state index contributed by atoms with van der Waals surface area (Å²) >= 11 is 4.03. The van der Waals surface area contributed by atoms with Crippen LogP contribution in [0.1, 0.15) is 11.5 Å². The number of hydrogen-bond donors (Lipinski definition) is 0. The Morgan fingerprint density at radius 1 is 1.17 bits per heavy atom. The maximum absolute atomic E-state index is 5.44. The number of thiophene rings is 1. The molecule has 3 aromatic heterocycles. The first-order valence-electron chi connectivity index (χ1n) is 7.44. The van der Waals surface area contributed by atoms with Crippen molar-refractivity contribution in [1.29, 1.82) is 0 Å². The highest BCUT2D eigenvalue weighted by Gasteiger charge is 2.20. The largest absolute Gasteiger partial charge is 0.378 e. The molecule has 0 unspecified atom stereocenters. The number of anilines is 1. The quantitative estimate of drug-likeness (QED) is 0.573. The first-order chi connectivity index (χ1) is 11.1. The predicted octanol–water partition coefficient (Wildman–Crippen LogP) is 2.94. The number of halogens is 1. The molecule has 0 saturated carbocycles. The molecule has 1 fully saturated rings. The average molecular weight is 441 g/mol. The summed E-state index contributed by atoms with van der Waals surface area (Å²) < 4.78 is 9.77. The first-order valence-corrected chi connectivity index (χ1v) is 9.40. The molecule has 8 heteroatoms. The molecule has 120 valence electrons. The summed E-state index contributed by atoms with van der Waals surface area (Å²) in [5.74, 6) is 2.64. The third-order valence-corrected chi connectivity index (χ3v) is 6.08. The van der Waals surface area contributed by atoms with Crippen molar-refractivity contribution in [3.8, 4) is 5.82 Å². The molecule has 0 aliphatic carbocycles. The average Bonchev–Trinajstić information content (AvgIpc) is 3.10. The second-order valence-electron chi connectivity index (χ2n) is 5.51. The van der Waals surface area contributed by atoms with E-state index >= 15 is 0 Å². The summed E-state index contributed by atoms with van der Waals surface area (Å²) in [6.07, 6.45) is 2.03. The van der Waals surface area contributed by atoms with Gasteiger partial charge in [-0.05, 0) is 36.4 Å². The molecule has 0 atom stereocenters. The molecular weight excluding hydrogens is 425 g/mol. The fourth-order valence-electron chi connectivity index (χ4n) is 2.76. The number of morpholine rings is 1. The monoisotopic (exact) mass is 441 g/mol. The molecule has 4 heterocycles. The molecule has 4 rings (SSSR count). The van der Waals surface area contributed by atoms with Gasteiger partial charge in [-0.3, -0.25) is 4.57 Å². The highest BCUT2D eigenvalue weighted by molar-refractivity contribution is 14.1. The lowest BCUT2D eigenvalue weighted by Gasteiger charge is -2.27. The van der Waals surface area contributed by atoms with Crippen LogP contribution in [0.5, 0.6) is 0 Å². The Morgan fingerprint density at radius 3 is 2.65 bits per heavy atom. The van der Waals surface area contributed by atoms with Crippen molar-refractivity contribution in [3.63, 3.8) is 0 Å². The maximum Gasteiger partial charge on any atom is 0.228 e. The van der Waals surface area contributed by atoms with Crippen LogP contribution in [0.25, 0.3) is 16.0 Å². The second-order valence-corrected chi connectivity index (χ2v) is 7.55. The zero-order chi connectivity index (χ0) is 16.0. The minimum Gasteiger partial charge on any atom is -0.378 e. The minimum atomic E-state index is 0.723. The zero-order valence-electron chi connectivity index (χ0n) is 12.9. The molecule has 0 spiro atoms. The predicted molar refractivity (Wildman–Crippen MR) is 99.8 cm³/mol. The van der Waals surface area contributed by atoms with Gasteiger partial charge < -0.3 is 9.64 Å². The molecule has 0 N–H and O–H groups in total. The normalized spacial score (nSPS) is 15.5. The Morgan fingerprint density at radius 2 is 1.96 bits per heavy atom. The van der Waals surface area contributed by atoms with Gasteiger partial charge in [-0.1, -0.05) is 0 Å². The molecule has 6 nitrogen and oxygen atoms in total. The summed E-state index contributed by atoms with van der Waals surface area (Å²) in [6, 6.07) is 0. The molecule has 0 amide bonds. The molecular formula is C15H16IN5OS. The van der Waals surface area contributed by atoms with Crippen LogP contribution in [0.15, 0.2) is 11.6 Å². The van der Waals surface area contributed by atoms with Crippen LogP contribution in [0.4, 0.5) is 5.95 Å². The van der Waals surface area contributed by atoms with Crippen LogP contribution in [0.3, 0.4) is 0 Å². The highest BCUT2D eigenvalue weighted by Crippen LogP contribution is 2.32. The van der Waals surface area contributed by atoms with Crippen molar-refractivity contribution in [2.75, 3.05) is 31.2 Å². The molecule has 0 aromatic carbocycles. The van der Waals surface area contributed by atoms with Crippen molar-refractivity contribution < 1.29 is 4.74 Å². The van der Waals surface area contributed by atoms with Crippen molar-refractivity contribution in [2.24, 2.45) is 0 Å². The van der Waals surface area contributed by atoms with E-state index in [9.17, 15) is 0 Å². The number of imidazole rings is 1. The van der Waals surface area contributed by atoms with E-state index in [1.807, 2.05) is 20.0 Å². The van der Waals surface area contributed by atoms with Crippen LogP contribution < -0.4 is 4.90 Å². The molecule has 1 aliphatic heterocycles. The lowest BCUT2D eigenvalue weighted by Crippen LogP contribution is -2.37. The number of ether oxygens (including phenoxy) is 1. The summed E-state index contributed by atoms with van der Waals surface area (Å²) in [4.78, 5) is 16.4. The van der Waals surface area contributed by atoms with Gasteiger partial charge in [0.25, 0.3) is 0 Å². The first kappa shape index (κ1) is 15.3. The van der Waals surface area contributed by atoms with Gasteiger partial charge >= 0.3 is 0 Å². The van der Waals surface area contributed by atoms with E-state index in [1.54, 1.807) is 11.3 Å². The lowest BCUT2D eigenvalue weighted by molar-refractivity contribution is 0.122. The van der Waals surface area contributed by atoms with E-state index in [0.717, 1.165) is 63.4 Å². The molecule has 0 radical (unpaired) electrons. The smallest absolute Gasteiger partial charge is 0.228 e. The van der Waals surface area contributed by atoms with E-state index in [1.165, 1.54) is 0 Å². The summed E-state index contributed by atoms with van der Waals surface area (Å²) in [7, 11) is 0. The Kier molecular flexibility index (Phi) is 3.98. The van der Waals surface area contributed by atoms with E-state index < -0.39 is 0 Å². The summed E-state index contributed by atoms with van der Waals surface area (Å²) in [5.41, 5.74) is 2.02. The zero-order valence-corrected chi connectivity index (χ0v) is 15.9. The van der Waals surface area contributed by atoms with E-state index in [0.29, 0.717) is 0 Å². The van der Waals surface area contributed by atoms with Gasteiger partial charge in [0.2, 0.25) is 5.95 Å². The topological polar surface area (TPSA) is 56.1 Å². The van der Waals surface area contributed by atoms with Crippen molar-refractivity contribution in [3.05, 3.63) is 26.7 Å². The Labute approximate surface area is 151 Å². The fraction of sp³-hybridized carbons (Fsp3) is 0.400. The van der Waals surface area contributed by atoms with E-state index in [2.05, 4.69) is 42.4 Å². The number of aryl methyl sites for hydroxylation is 2. The van der Waals surface area contributed by atoms with Crippen LogP contribution >= 0.6 is 33.9 Å². The number of nitrogens with zero attached hydrogens (tertiary/aromatic N) is 5. The van der Waals surface area contributed by atoms with E-state index in [-0.39, 0.29) is 0 Å². The third-order valence-electron chi connectivity index (χ3n) is 3.87. The number of aromatic nitrogens is 4. The Balaban J connectivity index is 1.92. The van der Waals surface area contributed by atoms with Crippen LogP contribution in [-0.2, 0) is 4.74 Å². The van der Waals surface area contributed by atoms with Crippen molar-refractivity contribution in [2.45, 2.75) is 13.8 Å². The third kappa shape index (κ3) is 2.72. The van der Waals surface area contributed by atoms with Gasteiger partial charge in [-0.2, -0.15) is 4.98 Å². The van der Waals surface area contributed by atoms with Crippen LogP contribution in [-0.4, -0.2) is 45.8 Å². The van der Waals surface area contributed by atoms with Crippen LogP contribution in [0, 0.1) is 17.4 Å². The lowest BCUT2D eigenvalue weighted by atomic mass is 10.4. The number of rotatable bonds is 2. The summed E-state index contributed by atoms with van der Waals surface area (Å²) in [5, 5.41) is 2.13. The number of hydrogen-bond acceptors (Lipinski definition) is 6. The SMILES string of the molecule is Cc1cn(-c2nc(N3CCOCC3)nc3c(I)csc23)c(C)n1. The van der Waals surface area contributed by atoms with E-state index in [4.69, 9.17) is 14.7 Å². The summed E-state index contributed by atoms with van der Waals surface area (Å²) in [6.45, 7) is 7.11. The molecule has 1 aliphatic rings. The maximum atomic E-state index is 5.44. The minimum absolute atomic E-state index is 0.723. The molecule has 1 saturated heterocycles. The van der Waals surface area contributed by atoms with Gasteiger partial charge in [0.1, 0.15) is 11.3 Å². The van der Waals surface area contributed by atoms with Gasteiger partial charge in [-0.25, -0.2) is 9.97 Å². The van der Waals surface area contributed by atoms with Gasteiger partial charge in [0, 0.05) is 24.7 Å².